The largest absolute Gasteiger partial charge is 0.493 e. The van der Waals surface area contributed by atoms with Crippen LogP contribution in [0, 0.1) is 6.92 Å². The Morgan fingerprint density at radius 3 is 2.70 bits per heavy atom. The van der Waals surface area contributed by atoms with E-state index in [9.17, 15) is 4.79 Å². The Morgan fingerprint density at radius 2 is 2.05 bits per heavy atom. The number of para-hydroxylation sites is 1. The highest BCUT2D eigenvalue weighted by molar-refractivity contribution is 7.10. The van der Waals surface area contributed by atoms with E-state index in [0.29, 0.717) is 24.5 Å². The number of benzene rings is 1. The number of aryl methyl sites for hydroxylation is 1. The summed E-state index contributed by atoms with van der Waals surface area (Å²) in [5, 5.41) is 2.05. The number of amides is 1. The first-order valence-corrected chi connectivity index (χ1v) is 7.51. The fourth-order valence-electron chi connectivity index (χ4n) is 1.98. The van der Waals surface area contributed by atoms with Crippen LogP contribution in [0.2, 0.25) is 0 Å². The van der Waals surface area contributed by atoms with Gasteiger partial charge in [-0.25, -0.2) is 0 Å². The van der Waals surface area contributed by atoms with Gasteiger partial charge in [-0.1, -0.05) is 12.1 Å². The van der Waals surface area contributed by atoms with Crippen molar-refractivity contribution in [1.29, 1.82) is 0 Å². The Labute approximate surface area is 123 Å². The van der Waals surface area contributed by atoms with Gasteiger partial charge in [-0.2, -0.15) is 0 Å². The lowest BCUT2D eigenvalue weighted by Crippen LogP contribution is -2.26. The summed E-state index contributed by atoms with van der Waals surface area (Å²) in [6.07, 6.45) is 0. The molecule has 0 saturated heterocycles. The first-order valence-electron chi connectivity index (χ1n) is 6.63. The number of hydrogen-bond donors (Lipinski definition) is 0. The van der Waals surface area contributed by atoms with Crippen molar-refractivity contribution in [3.8, 4) is 5.75 Å². The molecule has 0 fully saturated rings. The SMILES string of the molecule is CCOc1ccccc1C(=O)N(C)Cc1sccc1C. The minimum atomic E-state index is -0.0122. The summed E-state index contributed by atoms with van der Waals surface area (Å²) >= 11 is 1.68. The molecule has 1 heterocycles. The van der Waals surface area contributed by atoms with E-state index in [0.717, 1.165) is 0 Å². The first kappa shape index (κ1) is 14.6. The molecule has 2 aromatic rings. The first-order chi connectivity index (χ1) is 9.63. The Kier molecular flexibility index (Phi) is 4.79. The number of ether oxygens (including phenoxy) is 1. The Morgan fingerprint density at radius 1 is 1.30 bits per heavy atom. The summed E-state index contributed by atoms with van der Waals surface area (Å²) in [6, 6.07) is 9.46. The summed E-state index contributed by atoms with van der Waals surface area (Å²) in [6.45, 7) is 5.17. The van der Waals surface area contributed by atoms with Gasteiger partial charge >= 0.3 is 0 Å². The van der Waals surface area contributed by atoms with Gasteiger partial charge in [0.2, 0.25) is 0 Å². The second kappa shape index (κ2) is 6.57. The maximum atomic E-state index is 12.5. The molecule has 0 saturated carbocycles. The highest BCUT2D eigenvalue weighted by Gasteiger charge is 2.17. The van der Waals surface area contributed by atoms with Gasteiger partial charge < -0.3 is 9.64 Å². The maximum Gasteiger partial charge on any atom is 0.257 e. The molecule has 0 radical (unpaired) electrons. The summed E-state index contributed by atoms with van der Waals surface area (Å²) in [5.74, 6) is 0.636. The molecule has 0 N–H and O–H groups in total. The van der Waals surface area contributed by atoms with E-state index in [4.69, 9.17) is 4.74 Å². The zero-order chi connectivity index (χ0) is 14.5. The van der Waals surface area contributed by atoms with Crippen molar-refractivity contribution >= 4 is 17.2 Å². The Hall–Kier alpha value is -1.81. The van der Waals surface area contributed by atoms with Gasteiger partial charge in [0, 0.05) is 11.9 Å². The molecule has 0 spiro atoms. The molecule has 0 atom stereocenters. The number of thiophene rings is 1. The van der Waals surface area contributed by atoms with Crippen molar-refractivity contribution in [2.24, 2.45) is 0 Å². The van der Waals surface area contributed by atoms with Crippen molar-refractivity contribution < 1.29 is 9.53 Å². The molecule has 0 aliphatic rings. The number of carbonyl (C=O) groups excluding carboxylic acids is 1. The molecule has 1 aromatic carbocycles. The summed E-state index contributed by atoms with van der Waals surface area (Å²) in [4.78, 5) is 15.5. The third-order valence-corrected chi connectivity index (χ3v) is 4.12. The van der Waals surface area contributed by atoms with E-state index in [1.165, 1.54) is 10.4 Å². The molecular formula is C16H19NO2S. The van der Waals surface area contributed by atoms with Crippen LogP contribution in [0.4, 0.5) is 0 Å². The third kappa shape index (κ3) is 3.20. The highest BCUT2D eigenvalue weighted by atomic mass is 32.1. The molecule has 0 unspecified atom stereocenters. The van der Waals surface area contributed by atoms with Gasteiger partial charge in [0.1, 0.15) is 5.75 Å². The average molecular weight is 289 g/mol. The second-order valence-corrected chi connectivity index (χ2v) is 5.62. The molecule has 3 nitrogen and oxygen atoms in total. The molecule has 106 valence electrons. The molecule has 0 aliphatic carbocycles. The van der Waals surface area contributed by atoms with Gasteiger partial charge in [-0.05, 0) is 43.0 Å². The van der Waals surface area contributed by atoms with Crippen LogP contribution in [-0.2, 0) is 6.54 Å². The molecule has 0 aliphatic heterocycles. The van der Waals surface area contributed by atoms with Crippen molar-refractivity contribution in [1.82, 2.24) is 4.90 Å². The van der Waals surface area contributed by atoms with Crippen LogP contribution in [0.15, 0.2) is 35.7 Å². The number of nitrogens with zero attached hydrogens (tertiary/aromatic N) is 1. The minimum Gasteiger partial charge on any atom is -0.493 e. The predicted molar refractivity (Wildman–Crippen MR) is 82.5 cm³/mol. The fourth-order valence-corrected chi connectivity index (χ4v) is 2.94. The van der Waals surface area contributed by atoms with E-state index >= 15 is 0 Å². The van der Waals surface area contributed by atoms with Gasteiger partial charge in [0.25, 0.3) is 5.91 Å². The third-order valence-electron chi connectivity index (χ3n) is 3.11. The molecule has 20 heavy (non-hydrogen) atoms. The number of rotatable bonds is 5. The molecule has 1 amide bonds. The van der Waals surface area contributed by atoms with Gasteiger partial charge in [0.05, 0.1) is 18.7 Å². The molecule has 1 aromatic heterocycles. The molecule has 2 rings (SSSR count). The Bertz CT molecular complexity index is 592. The number of hydrogen-bond acceptors (Lipinski definition) is 3. The van der Waals surface area contributed by atoms with Crippen LogP contribution >= 0.6 is 11.3 Å². The second-order valence-electron chi connectivity index (χ2n) is 4.62. The van der Waals surface area contributed by atoms with Crippen molar-refractivity contribution in [3.63, 3.8) is 0 Å². The van der Waals surface area contributed by atoms with Crippen molar-refractivity contribution in [2.75, 3.05) is 13.7 Å². The fraction of sp³-hybridized carbons (Fsp3) is 0.312. The van der Waals surface area contributed by atoms with Gasteiger partial charge in [-0.15, -0.1) is 11.3 Å². The average Bonchev–Trinajstić information content (AvgIpc) is 2.84. The Balaban J connectivity index is 2.16. The van der Waals surface area contributed by atoms with E-state index < -0.39 is 0 Å². The van der Waals surface area contributed by atoms with E-state index in [2.05, 4.69) is 18.4 Å². The van der Waals surface area contributed by atoms with Crippen molar-refractivity contribution in [2.45, 2.75) is 20.4 Å². The molecule has 0 bridgehead atoms. The van der Waals surface area contributed by atoms with Gasteiger partial charge in [-0.3, -0.25) is 4.79 Å². The standard InChI is InChI=1S/C16H19NO2S/c1-4-19-14-8-6-5-7-13(14)16(18)17(3)11-15-12(2)9-10-20-15/h5-10H,4,11H2,1-3H3. The summed E-state index contributed by atoms with van der Waals surface area (Å²) in [5.41, 5.74) is 1.85. The topological polar surface area (TPSA) is 29.5 Å². The lowest BCUT2D eigenvalue weighted by Gasteiger charge is -2.18. The van der Waals surface area contributed by atoms with Crippen molar-refractivity contribution in [3.05, 3.63) is 51.7 Å². The van der Waals surface area contributed by atoms with Crippen LogP contribution < -0.4 is 4.74 Å². The van der Waals surface area contributed by atoms with E-state index in [-0.39, 0.29) is 5.91 Å². The monoisotopic (exact) mass is 289 g/mol. The highest BCUT2D eigenvalue weighted by Crippen LogP contribution is 2.22. The smallest absolute Gasteiger partial charge is 0.257 e. The summed E-state index contributed by atoms with van der Waals surface area (Å²) in [7, 11) is 1.82. The lowest BCUT2D eigenvalue weighted by atomic mass is 10.1. The number of carbonyl (C=O) groups is 1. The maximum absolute atomic E-state index is 12.5. The van der Waals surface area contributed by atoms with Crippen LogP contribution in [0.5, 0.6) is 5.75 Å². The summed E-state index contributed by atoms with van der Waals surface area (Å²) < 4.78 is 5.52. The van der Waals surface area contributed by atoms with Crippen LogP contribution in [0.25, 0.3) is 0 Å². The van der Waals surface area contributed by atoms with Crippen LogP contribution in [-0.4, -0.2) is 24.5 Å². The normalized spacial score (nSPS) is 10.3. The quantitative estimate of drug-likeness (QED) is 0.839. The molecule has 4 heteroatoms. The zero-order valence-corrected chi connectivity index (χ0v) is 12.9. The van der Waals surface area contributed by atoms with E-state index in [1.807, 2.05) is 38.2 Å². The lowest BCUT2D eigenvalue weighted by molar-refractivity contribution is 0.0782. The minimum absolute atomic E-state index is 0.0122. The van der Waals surface area contributed by atoms with E-state index in [1.54, 1.807) is 16.2 Å². The van der Waals surface area contributed by atoms with Crippen LogP contribution in [0.1, 0.15) is 27.7 Å². The van der Waals surface area contributed by atoms with Gasteiger partial charge in [0.15, 0.2) is 0 Å². The molecular weight excluding hydrogens is 270 g/mol. The predicted octanol–water partition coefficient (Wildman–Crippen LogP) is 3.73. The van der Waals surface area contributed by atoms with Crippen LogP contribution in [0.3, 0.4) is 0 Å². The zero-order valence-electron chi connectivity index (χ0n) is 12.1.